The molecule has 1 aliphatic heterocycles. The molecular formula is C14H20BrN3O2. The van der Waals surface area contributed by atoms with Crippen LogP contribution < -0.4 is 5.32 Å². The molecule has 0 bridgehead atoms. The topological polar surface area (TPSA) is 58.4 Å². The number of anilines is 1. The van der Waals surface area contributed by atoms with E-state index in [9.17, 15) is 10.1 Å². The molecule has 0 aromatic heterocycles. The number of nitro benzene ring substituents is 1. The molecule has 1 fully saturated rings. The maximum atomic E-state index is 11.0. The van der Waals surface area contributed by atoms with Gasteiger partial charge in [-0.25, -0.2) is 0 Å². The molecule has 5 nitrogen and oxygen atoms in total. The van der Waals surface area contributed by atoms with Gasteiger partial charge in [-0.05, 0) is 44.0 Å². The molecule has 2 rings (SSSR count). The van der Waals surface area contributed by atoms with E-state index in [1.54, 1.807) is 12.1 Å². The van der Waals surface area contributed by atoms with Gasteiger partial charge in [-0.2, -0.15) is 0 Å². The van der Waals surface area contributed by atoms with Gasteiger partial charge in [0, 0.05) is 23.6 Å². The minimum absolute atomic E-state index is 0.126. The van der Waals surface area contributed by atoms with Crippen molar-refractivity contribution in [2.75, 3.05) is 31.5 Å². The summed E-state index contributed by atoms with van der Waals surface area (Å²) in [5.74, 6) is 0.465. The fraction of sp³-hybridized carbons (Fsp3) is 0.571. The van der Waals surface area contributed by atoms with Gasteiger partial charge in [0.2, 0.25) is 0 Å². The molecule has 0 amide bonds. The van der Waals surface area contributed by atoms with Crippen molar-refractivity contribution in [3.63, 3.8) is 0 Å². The zero-order valence-corrected chi connectivity index (χ0v) is 13.2. The highest BCUT2D eigenvalue weighted by Crippen LogP contribution is 2.28. The molecular weight excluding hydrogens is 322 g/mol. The summed E-state index contributed by atoms with van der Waals surface area (Å²) < 4.78 is 0.845. The lowest BCUT2D eigenvalue weighted by atomic mass is 10.1. The van der Waals surface area contributed by atoms with Crippen LogP contribution in [0.3, 0.4) is 0 Å². The molecule has 110 valence electrons. The molecule has 0 spiro atoms. The SMILES string of the molecule is CC(CNc1cc(Br)ccc1[N+](=O)[O-])CN1CCCC1. The lowest BCUT2D eigenvalue weighted by molar-refractivity contribution is -0.384. The van der Waals surface area contributed by atoms with Gasteiger partial charge in [0.1, 0.15) is 5.69 Å². The Hall–Kier alpha value is -1.14. The molecule has 1 atom stereocenters. The number of hydrogen-bond donors (Lipinski definition) is 1. The van der Waals surface area contributed by atoms with Gasteiger partial charge in [0.15, 0.2) is 0 Å². The first kappa shape index (κ1) is 15.3. The number of nitro groups is 1. The number of nitrogens with zero attached hydrogens (tertiary/aromatic N) is 2. The van der Waals surface area contributed by atoms with E-state index < -0.39 is 0 Å². The lowest BCUT2D eigenvalue weighted by Gasteiger charge is -2.20. The Morgan fingerprint density at radius 2 is 2.15 bits per heavy atom. The van der Waals surface area contributed by atoms with E-state index in [0.717, 1.165) is 17.6 Å². The average Bonchev–Trinajstić information content (AvgIpc) is 2.89. The van der Waals surface area contributed by atoms with Crippen LogP contribution in [0, 0.1) is 16.0 Å². The Labute approximate surface area is 127 Å². The summed E-state index contributed by atoms with van der Waals surface area (Å²) in [7, 11) is 0. The second-order valence-electron chi connectivity index (χ2n) is 5.41. The standard InChI is InChI=1S/C14H20BrN3O2/c1-11(10-17-6-2-3-7-17)9-16-13-8-12(15)4-5-14(13)18(19)20/h4-5,8,11,16H,2-3,6-7,9-10H2,1H3. The minimum atomic E-state index is -0.347. The van der Waals surface area contributed by atoms with Crippen molar-refractivity contribution < 1.29 is 4.92 Å². The molecule has 1 aromatic carbocycles. The Morgan fingerprint density at radius 1 is 1.45 bits per heavy atom. The van der Waals surface area contributed by atoms with E-state index in [1.165, 1.54) is 32.0 Å². The molecule has 1 N–H and O–H groups in total. The highest BCUT2D eigenvalue weighted by Gasteiger charge is 2.17. The highest BCUT2D eigenvalue weighted by atomic mass is 79.9. The third kappa shape index (κ3) is 4.18. The average molecular weight is 342 g/mol. The maximum Gasteiger partial charge on any atom is 0.292 e. The summed E-state index contributed by atoms with van der Waals surface area (Å²) in [5.41, 5.74) is 0.708. The van der Waals surface area contributed by atoms with E-state index in [0.29, 0.717) is 11.6 Å². The number of likely N-dealkylation sites (tertiary alicyclic amines) is 1. The fourth-order valence-corrected chi connectivity index (χ4v) is 2.92. The molecule has 1 unspecified atom stereocenters. The smallest absolute Gasteiger partial charge is 0.292 e. The number of nitrogens with one attached hydrogen (secondary N) is 1. The zero-order chi connectivity index (χ0) is 14.5. The summed E-state index contributed by atoms with van der Waals surface area (Å²) in [5, 5.41) is 14.2. The third-order valence-electron chi connectivity index (χ3n) is 3.56. The lowest BCUT2D eigenvalue weighted by Crippen LogP contribution is -2.28. The predicted molar refractivity (Wildman–Crippen MR) is 84.1 cm³/mol. The van der Waals surface area contributed by atoms with Crippen LogP contribution in [-0.2, 0) is 0 Å². The van der Waals surface area contributed by atoms with Crippen LogP contribution in [-0.4, -0.2) is 36.0 Å². The van der Waals surface area contributed by atoms with E-state index in [1.807, 2.05) is 0 Å². The maximum absolute atomic E-state index is 11.0. The summed E-state index contributed by atoms with van der Waals surface area (Å²) in [4.78, 5) is 13.1. The van der Waals surface area contributed by atoms with Crippen LogP contribution in [0.2, 0.25) is 0 Å². The fourth-order valence-electron chi connectivity index (χ4n) is 2.56. The summed E-state index contributed by atoms with van der Waals surface area (Å²) in [6, 6.07) is 4.98. The Morgan fingerprint density at radius 3 is 2.80 bits per heavy atom. The van der Waals surface area contributed by atoms with Crippen molar-refractivity contribution in [3.05, 3.63) is 32.8 Å². The summed E-state index contributed by atoms with van der Waals surface area (Å²) in [6.45, 7) is 6.33. The monoisotopic (exact) mass is 341 g/mol. The molecule has 0 aliphatic carbocycles. The Kier molecular flexibility index (Phi) is 5.37. The minimum Gasteiger partial charge on any atom is -0.379 e. The van der Waals surface area contributed by atoms with Crippen LogP contribution in [0.15, 0.2) is 22.7 Å². The number of benzene rings is 1. The van der Waals surface area contributed by atoms with Crippen molar-refractivity contribution >= 4 is 27.3 Å². The molecule has 0 saturated carbocycles. The summed E-state index contributed by atoms with van der Waals surface area (Å²) >= 11 is 3.35. The van der Waals surface area contributed by atoms with Gasteiger partial charge in [-0.15, -0.1) is 0 Å². The van der Waals surface area contributed by atoms with Crippen LogP contribution in [0.5, 0.6) is 0 Å². The van der Waals surface area contributed by atoms with E-state index in [2.05, 4.69) is 33.1 Å². The third-order valence-corrected chi connectivity index (χ3v) is 4.06. The Balaban J connectivity index is 1.92. The second kappa shape index (κ2) is 7.04. The molecule has 20 heavy (non-hydrogen) atoms. The molecule has 1 heterocycles. The first-order chi connectivity index (χ1) is 9.56. The second-order valence-corrected chi connectivity index (χ2v) is 6.33. The normalized spacial score (nSPS) is 17.1. The first-order valence-corrected chi connectivity index (χ1v) is 7.75. The molecule has 1 saturated heterocycles. The van der Waals surface area contributed by atoms with E-state index in [4.69, 9.17) is 0 Å². The van der Waals surface area contributed by atoms with Gasteiger partial charge in [-0.1, -0.05) is 22.9 Å². The van der Waals surface area contributed by atoms with Crippen molar-refractivity contribution in [2.45, 2.75) is 19.8 Å². The number of rotatable bonds is 6. The predicted octanol–water partition coefficient (Wildman–Crippen LogP) is 3.50. The van der Waals surface area contributed by atoms with Gasteiger partial charge in [0.25, 0.3) is 5.69 Å². The van der Waals surface area contributed by atoms with Crippen molar-refractivity contribution in [1.82, 2.24) is 4.90 Å². The van der Waals surface area contributed by atoms with Crippen LogP contribution >= 0.6 is 15.9 Å². The quantitative estimate of drug-likeness (QED) is 0.635. The largest absolute Gasteiger partial charge is 0.379 e. The van der Waals surface area contributed by atoms with Gasteiger partial charge in [0.05, 0.1) is 4.92 Å². The van der Waals surface area contributed by atoms with Crippen LogP contribution in [0.1, 0.15) is 19.8 Å². The van der Waals surface area contributed by atoms with Crippen LogP contribution in [0.25, 0.3) is 0 Å². The van der Waals surface area contributed by atoms with Gasteiger partial charge >= 0.3 is 0 Å². The van der Waals surface area contributed by atoms with Crippen molar-refractivity contribution in [2.24, 2.45) is 5.92 Å². The van der Waals surface area contributed by atoms with E-state index in [-0.39, 0.29) is 10.6 Å². The van der Waals surface area contributed by atoms with Crippen LogP contribution in [0.4, 0.5) is 11.4 Å². The van der Waals surface area contributed by atoms with Crippen molar-refractivity contribution in [3.8, 4) is 0 Å². The van der Waals surface area contributed by atoms with E-state index >= 15 is 0 Å². The molecule has 0 radical (unpaired) electrons. The first-order valence-electron chi connectivity index (χ1n) is 6.96. The van der Waals surface area contributed by atoms with Gasteiger partial charge in [-0.3, -0.25) is 10.1 Å². The summed E-state index contributed by atoms with van der Waals surface area (Å²) in [6.07, 6.45) is 2.58. The molecule has 1 aliphatic rings. The molecule has 6 heteroatoms. The number of halogens is 1. The molecule has 1 aromatic rings. The Bertz CT molecular complexity index is 475. The highest BCUT2D eigenvalue weighted by molar-refractivity contribution is 9.10. The zero-order valence-electron chi connectivity index (χ0n) is 11.6. The van der Waals surface area contributed by atoms with Gasteiger partial charge < -0.3 is 10.2 Å². The number of hydrogen-bond acceptors (Lipinski definition) is 4. The van der Waals surface area contributed by atoms with Crippen molar-refractivity contribution in [1.29, 1.82) is 0 Å².